The standard InChI is InChI=1S/C20H21NO4S/c22-26(23,20-10-9-16-5-1-2-6-17(16)13-20)21(14-18-7-3-11-24-18)15-19-8-4-12-25-19/h1-3,5-7,9-11,13,19H,4,8,12,14-15H2/t19-/m0/s1. The maximum atomic E-state index is 13.3. The summed E-state index contributed by atoms with van der Waals surface area (Å²) in [6.45, 7) is 1.22. The molecule has 0 saturated carbocycles. The van der Waals surface area contributed by atoms with E-state index in [2.05, 4.69) is 0 Å². The van der Waals surface area contributed by atoms with E-state index in [1.807, 2.05) is 30.3 Å². The molecule has 0 N–H and O–H groups in total. The van der Waals surface area contributed by atoms with Gasteiger partial charge in [-0.05, 0) is 47.9 Å². The largest absolute Gasteiger partial charge is 0.468 e. The van der Waals surface area contributed by atoms with Crippen molar-refractivity contribution in [2.45, 2.75) is 30.4 Å². The summed E-state index contributed by atoms with van der Waals surface area (Å²) in [5.41, 5.74) is 0. The van der Waals surface area contributed by atoms with Crippen LogP contribution >= 0.6 is 0 Å². The smallest absolute Gasteiger partial charge is 0.243 e. The highest BCUT2D eigenvalue weighted by Crippen LogP contribution is 2.25. The van der Waals surface area contributed by atoms with Crippen molar-refractivity contribution in [1.29, 1.82) is 0 Å². The monoisotopic (exact) mass is 371 g/mol. The molecule has 3 aromatic rings. The van der Waals surface area contributed by atoms with Gasteiger partial charge in [0, 0.05) is 13.2 Å². The molecule has 26 heavy (non-hydrogen) atoms. The predicted octanol–water partition coefficient (Wildman–Crippen LogP) is 3.80. The third-order valence-electron chi connectivity index (χ3n) is 4.70. The van der Waals surface area contributed by atoms with Crippen LogP contribution in [0.15, 0.2) is 70.2 Å². The minimum atomic E-state index is -3.66. The molecular weight excluding hydrogens is 350 g/mol. The first-order chi connectivity index (χ1) is 12.6. The molecule has 2 heterocycles. The Balaban J connectivity index is 1.68. The van der Waals surface area contributed by atoms with E-state index in [-0.39, 0.29) is 12.6 Å². The number of rotatable bonds is 6. The molecule has 1 saturated heterocycles. The zero-order valence-electron chi connectivity index (χ0n) is 14.4. The summed E-state index contributed by atoms with van der Waals surface area (Å²) >= 11 is 0. The second-order valence-electron chi connectivity index (χ2n) is 6.52. The molecule has 2 aromatic carbocycles. The Labute approximate surface area is 153 Å². The summed E-state index contributed by atoms with van der Waals surface area (Å²) < 4.78 is 39.2. The summed E-state index contributed by atoms with van der Waals surface area (Å²) in [5.74, 6) is 0.618. The van der Waals surface area contributed by atoms with Crippen LogP contribution in [0.5, 0.6) is 0 Å². The molecule has 0 radical (unpaired) electrons. The third kappa shape index (κ3) is 3.53. The summed E-state index contributed by atoms with van der Waals surface area (Å²) in [6, 6.07) is 16.5. The summed E-state index contributed by atoms with van der Waals surface area (Å²) in [6.07, 6.45) is 3.33. The van der Waals surface area contributed by atoms with E-state index >= 15 is 0 Å². The number of benzene rings is 2. The summed E-state index contributed by atoms with van der Waals surface area (Å²) in [7, 11) is -3.66. The Kier molecular flexibility index (Phi) is 4.80. The van der Waals surface area contributed by atoms with E-state index in [0.29, 0.717) is 23.8 Å². The van der Waals surface area contributed by atoms with E-state index in [4.69, 9.17) is 9.15 Å². The Morgan fingerprint density at radius 3 is 2.62 bits per heavy atom. The molecule has 1 fully saturated rings. The van der Waals surface area contributed by atoms with Crippen LogP contribution in [0.4, 0.5) is 0 Å². The summed E-state index contributed by atoms with van der Waals surface area (Å²) in [4.78, 5) is 0.292. The molecule has 0 amide bonds. The summed E-state index contributed by atoms with van der Waals surface area (Å²) in [5, 5.41) is 1.92. The van der Waals surface area contributed by atoms with Gasteiger partial charge in [0.2, 0.25) is 10.0 Å². The molecule has 0 unspecified atom stereocenters. The lowest BCUT2D eigenvalue weighted by atomic mass is 10.1. The lowest BCUT2D eigenvalue weighted by Gasteiger charge is -2.24. The van der Waals surface area contributed by atoms with E-state index < -0.39 is 10.0 Å². The van der Waals surface area contributed by atoms with Crippen LogP contribution in [-0.4, -0.2) is 32.0 Å². The molecule has 0 aliphatic carbocycles. The van der Waals surface area contributed by atoms with Crippen molar-refractivity contribution in [1.82, 2.24) is 4.31 Å². The van der Waals surface area contributed by atoms with Gasteiger partial charge in [-0.3, -0.25) is 0 Å². The van der Waals surface area contributed by atoms with Crippen molar-refractivity contribution in [3.8, 4) is 0 Å². The van der Waals surface area contributed by atoms with Gasteiger partial charge in [0.15, 0.2) is 0 Å². The van der Waals surface area contributed by atoms with E-state index in [0.717, 1.165) is 23.6 Å². The Bertz CT molecular complexity index is 976. The zero-order valence-corrected chi connectivity index (χ0v) is 15.2. The molecule has 1 aromatic heterocycles. The molecule has 1 atom stereocenters. The fourth-order valence-electron chi connectivity index (χ4n) is 3.32. The molecule has 1 aliphatic heterocycles. The van der Waals surface area contributed by atoms with Crippen molar-refractivity contribution in [3.63, 3.8) is 0 Å². The van der Waals surface area contributed by atoms with E-state index in [1.165, 1.54) is 4.31 Å². The van der Waals surface area contributed by atoms with Crippen LogP contribution < -0.4 is 0 Å². The average molecular weight is 371 g/mol. The number of ether oxygens (including phenoxy) is 1. The van der Waals surface area contributed by atoms with Gasteiger partial charge < -0.3 is 9.15 Å². The molecular formula is C20H21NO4S. The zero-order chi connectivity index (χ0) is 18.0. The second kappa shape index (κ2) is 7.23. The van der Waals surface area contributed by atoms with E-state index in [1.54, 1.807) is 30.5 Å². The molecule has 1 aliphatic rings. The van der Waals surface area contributed by atoms with Gasteiger partial charge in [0.25, 0.3) is 0 Å². The number of sulfonamides is 1. The SMILES string of the molecule is O=S(=O)(c1ccc2ccccc2c1)N(Cc1ccco1)C[C@@H]1CCCO1. The van der Waals surface area contributed by atoms with Gasteiger partial charge in [-0.2, -0.15) is 4.31 Å². The van der Waals surface area contributed by atoms with Crippen LogP contribution in [0.3, 0.4) is 0 Å². The minimum Gasteiger partial charge on any atom is -0.468 e. The first kappa shape index (κ1) is 17.3. The van der Waals surface area contributed by atoms with Crippen molar-refractivity contribution in [3.05, 3.63) is 66.6 Å². The fraction of sp³-hybridized carbons (Fsp3) is 0.300. The maximum Gasteiger partial charge on any atom is 0.243 e. The van der Waals surface area contributed by atoms with Gasteiger partial charge in [-0.15, -0.1) is 0 Å². The highest BCUT2D eigenvalue weighted by Gasteiger charge is 2.30. The normalized spacial score (nSPS) is 18.0. The Morgan fingerprint density at radius 2 is 1.88 bits per heavy atom. The van der Waals surface area contributed by atoms with Crippen molar-refractivity contribution < 1.29 is 17.6 Å². The van der Waals surface area contributed by atoms with Gasteiger partial charge in [-0.1, -0.05) is 30.3 Å². The highest BCUT2D eigenvalue weighted by molar-refractivity contribution is 7.89. The fourth-order valence-corrected chi connectivity index (χ4v) is 4.79. The van der Waals surface area contributed by atoms with Crippen LogP contribution in [-0.2, 0) is 21.3 Å². The average Bonchev–Trinajstić information content (AvgIpc) is 3.35. The van der Waals surface area contributed by atoms with Gasteiger partial charge in [0.1, 0.15) is 5.76 Å². The van der Waals surface area contributed by atoms with Crippen molar-refractivity contribution in [2.75, 3.05) is 13.2 Å². The molecule has 0 bridgehead atoms. The number of hydrogen-bond acceptors (Lipinski definition) is 4. The molecule has 0 spiro atoms. The van der Waals surface area contributed by atoms with Crippen LogP contribution in [0.2, 0.25) is 0 Å². The van der Waals surface area contributed by atoms with Crippen molar-refractivity contribution >= 4 is 20.8 Å². The van der Waals surface area contributed by atoms with Gasteiger partial charge >= 0.3 is 0 Å². The number of fused-ring (bicyclic) bond motifs is 1. The number of hydrogen-bond donors (Lipinski definition) is 0. The van der Waals surface area contributed by atoms with Gasteiger partial charge in [0.05, 0.1) is 23.8 Å². The topological polar surface area (TPSA) is 59.8 Å². The first-order valence-corrected chi connectivity index (χ1v) is 10.2. The Hall–Kier alpha value is -2.15. The third-order valence-corrected chi connectivity index (χ3v) is 6.51. The molecule has 5 nitrogen and oxygen atoms in total. The molecule has 136 valence electrons. The lowest BCUT2D eigenvalue weighted by Crippen LogP contribution is -2.36. The van der Waals surface area contributed by atoms with Crippen molar-refractivity contribution in [2.24, 2.45) is 0 Å². The predicted molar refractivity (Wildman–Crippen MR) is 99.2 cm³/mol. The first-order valence-electron chi connectivity index (χ1n) is 8.76. The van der Waals surface area contributed by atoms with Crippen LogP contribution in [0, 0.1) is 0 Å². The van der Waals surface area contributed by atoms with Crippen LogP contribution in [0.25, 0.3) is 10.8 Å². The quantitative estimate of drug-likeness (QED) is 0.661. The molecule has 4 rings (SSSR count). The second-order valence-corrected chi connectivity index (χ2v) is 8.46. The van der Waals surface area contributed by atoms with Crippen LogP contribution in [0.1, 0.15) is 18.6 Å². The Morgan fingerprint density at radius 1 is 1.04 bits per heavy atom. The lowest BCUT2D eigenvalue weighted by molar-refractivity contribution is 0.0914. The number of nitrogens with zero attached hydrogens (tertiary/aromatic N) is 1. The number of furan rings is 1. The van der Waals surface area contributed by atoms with Gasteiger partial charge in [-0.25, -0.2) is 8.42 Å². The maximum absolute atomic E-state index is 13.3. The molecule has 6 heteroatoms. The minimum absolute atomic E-state index is 0.0693. The van der Waals surface area contributed by atoms with E-state index in [9.17, 15) is 8.42 Å². The highest BCUT2D eigenvalue weighted by atomic mass is 32.2.